The Hall–Kier alpha value is -2.12. The second-order valence-electron chi connectivity index (χ2n) is 8.39. The maximum absolute atomic E-state index is 13.5. The highest BCUT2D eigenvalue weighted by atomic mass is 32.2. The van der Waals surface area contributed by atoms with Gasteiger partial charge in [0.1, 0.15) is 10.6 Å². The third-order valence-electron chi connectivity index (χ3n) is 6.42. The molecule has 1 aromatic heterocycles. The highest BCUT2D eigenvalue weighted by Gasteiger charge is 2.37. The van der Waals surface area contributed by atoms with Gasteiger partial charge < -0.3 is 9.47 Å². The van der Waals surface area contributed by atoms with Crippen molar-refractivity contribution in [3.05, 3.63) is 46.8 Å². The van der Waals surface area contributed by atoms with Crippen LogP contribution in [0.4, 0.5) is 5.69 Å². The highest BCUT2D eigenvalue weighted by Crippen LogP contribution is 2.34. The molecule has 4 rings (SSSR count). The summed E-state index contributed by atoms with van der Waals surface area (Å²) >= 11 is 0. The number of amides is 1. The fourth-order valence-corrected chi connectivity index (χ4v) is 6.88. The Bertz CT molecular complexity index is 1070. The lowest BCUT2D eigenvalue weighted by molar-refractivity contribution is 0.0980. The minimum Gasteiger partial charge on any atom is -0.342 e. The number of carbonyl (C=O) groups is 1. The summed E-state index contributed by atoms with van der Waals surface area (Å²) in [5, 5.41) is 0. The Labute approximate surface area is 173 Å². The first kappa shape index (κ1) is 20.2. The first-order valence-electron chi connectivity index (χ1n) is 10.3. The van der Waals surface area contributed by atoms with Crippen LogP contribution in [0.3, 0.4) is 0 Å². The van der Waals surface area contributed by atoms with Gasteiger partial charge in [0.25, 0.3) is 5.91 Å². The molecule has 3 heterocycles. The zero-order chi connectivity index (χ0) is 20.9. The molecule has 156 valence electrons. The molecule has 1 saturated heterocycles. The van der Waals surface area contributed by atoms with Crippen molar-refractivity contribution in [3.63, 3.8) is 0 Å². The van der Waals surface area contributed by atoms with Crippen LogP contribution in [0, 0.1) is 19.8 Å². The number of sulfonamides is 1. The average Bonchev–Trinajstić information content (AvgIpc) is 3.21. The third-order valence-corrected chi connectivity index (χ3v) is 8.54. The number of fused-ring (bicyclic) bond motifs is 1. The molecule has 0 N–H and O–H groups in total. The molecule has 6 nitrogen and oxygen atoms in total. The lowest BCUT2D eigenvalue weighted by atomic mass is 10.0. The molecule has 1 fully saturated rings. The molecule has 0 spiro atoms. The topological polar surface area (TPSA) is 62.6 Å². The summed E-state index contributed by atoms with van der Waals surface area (Å²) in [6.45, 7) is 7.35. The smallest absolute Gasteiger partial charge is 0.275 e. The summed E-state index contributed by atoms with van der Waals surface area (Å²) in [5.41, 5.74) is 3.71. The molecular formula is C22H29N3O3S. The summed E-state index contributed by atoms with van der Waals surface area (Å²) in [4.78, 5) is 15.5. The number of hydrogen-bond acceptors (Lipinski definition) is 3. The first-order valence-corrected chi connectivity index (χ1v) is 11.7. The Morgan fingerprint density at radius 1 is 1.14 bits per heavy atom. The Morgan fingerprint density at radius 3 is 2.59 bits per heavy atom. The molecule has 7 heteroatoms. The third kappa shape index (κ3) is 3.20. The van der Waals surface area contributed by atoms with Gasteiger partial charge in [-0.1, -0.05) is 25.1 Å². The van der Waals surface area contributed by atoms with Crippen molar-refractivity contribution in [3.8, 4) is 0 Å². The molecule has 2 aliphatic rings. The fraction of sp³-hybridized carbons (Fsp3) is 0.500. The molecule has 1 amide bonds. The number of aromatic nitrogens is 1. The van der Waals surface area contributed by atoms with E-state index in [9.17, 15) is 13.2 Å². The molecule has 0 saturated carbocycles. The van der Waals surface area contributed by atoms with Crippen molar-refractivity contribution in [1.29, 1.82) is 0 Å². The number of anilines is 1. The van der Waals surface area contributed by atoms with E-state index in [4.69, 9.17) is 0 Å². The van der Waals surface area contributed by atoms with Gasteiger partial charge in [-0.05, 0) is 50.7 Å². The van der Waals surface area contributed by atoms with Crippen LogP contribution in [0.2, 0.25) is 0 Å². The highest BCUT2D eigenvalue weighted by molar-refractivity contribution is 7.89. The van der Waals surface area contributed by atoms with Crippen molar-refractivity contribution in [2.45, 2.75) is 44.9 Å². The molecule has 0 bridgehead atoms. The monoisotopic (exact) mass is 415 g/mol. The number of piperidine rings is 1. The maximum Gasteiger partial charge on any atom is 0.275 e. The van der Waals surface area contributed by atoms with E-state index in [-0.39, 0.29) is 5.91 Å². The Kier molecular flexibility index (Phi) is 5.07. The summed E-state index contributed by atoms with van der Waals surface area (Å²) in [5.74, 6) is 0.219. The minimum atomic E-state index is -3.63. The Morgan fingerprint density at radius 2 is 1.86 bits per heavy atom. The van der Waals surface area contributed by atoms with Crippen LogP contribution in [-0.2, 0) is 23.5 Å². The van der Waals surface area contributed by atoms with Gasteiger partial charge in [-0.25, -0.2) is 8.42 Å². The van der Waals surface area contributed by atoms with Crippen LogP contribution < -0.4 is 4.90 Å². The van der Waals surface area contributed by atoms with Gasteiger partial charge in [-0.3, -0.25) is 4.79 Å². The van der Waals surface area contributed by atoms with Crippen molar-refractivity contribution in [2.75, 3.05) is 24.5 Å². The normalized spacial score (nSPS) is 20.1. The van der Waals surface area contributed by atoms with Gasteiger partial charge in [-0.2, -0.15) is 4.31 Å². The summed E-state index contributed by atoms with van der Waals surface area (Å²) in [6.07, 6.45) is 2.75. The molecule has 29 heavy (non-hydrogen) atoms. The molecule has 1 aromatic carbocycles. The lowest BCUT2D eigenvalue weighted by Gasteiger charge is -2.30. The molecule has 0 unspecified atom stereocenters. The van der Waals surface area contributed by atoms with E-state index in [0.29, 0.717) is 47.4 Å². The maximum atomic E-state index is 13.5. The number of nitrogens with zero attached hydrogens (tertiary/aromatic N) is 3. The Balaban J connectivity index is 1.75. The second kappa shape index (κ2) is 7.29. The van der Waals surface area contributed by atoms with E-state index in [0.717, 1.165) is 30.5 Å². The number of carbonyl (C=O) groups excluding carboxylic acids is 1. The molecule has 2 aromatic rings. The average molecular weight is 416 g/mol. The van der Waals surface area contributed by atoms with Gasteiger partial charge in [0.15, 0.2) is 0 Å². The predicted octanol–water partition coefficient (Wildman–Crippen LogP) is 3.27. The standard InChI is InChI=1S/C22H29N3O3S/c1-15-8-7-12-24(14-15)29(27,28)21-16(2)20(23(4)17(21)3)22(26)25-13-11-18-9-5-6-10-19(18)25/h5-6,9-10,15H,7-8,11-14H2,1-4H3/t15-/m1/s1. The second-order valence-corrected chi connectivity index (χ2v) is 10.3. The molecule has 2 aliphatic heterocycles. The van der Waals surface area contributed by atoms with E-state index in [1.54, 1.807) is 34.7 Å². The van der Waals surface area contributed by atoms with Crippen LogP contribution in [0.15, 0.2) is 29.2 Å². The predicted molar refractivity (Wildman–Crippen MR) is 114 cm³/mol. The number of rotatable bonds is 3. The van der Waals surface area contributed by atoms with Gasteiger partial charge >= 0.3 is 0 Å². The van der Waals surface area contributed by atoms with Gasteiger partial charge in [0, 0.05) is 43.6 Å². The summed E-state index contributed by atoms with van der Waals surface area (Å²) in [6, 6.07) is 7.91. The quantitative estimate of drug-likeness (QED) is 0.773. The van der Waals surface area contributed by atoms with Crippen LogP contribution in [0.25, 0.3) is 0 Å². The number of para-hydroxylation sites is 1. The SMILES string of the molecule is Cc1c(S(=O)(=O)N2CCC[C@@H](C)C2)c(C)n(C)c1C(=O)N1CCc2ccccc21. The van der Waals surface area contributed by atoms with Crippen LogP contribution in [0.1, 0.15) is 47.1 Å². The van der Waals surface area contributed by atoms with Crippen molar-refractivity contribution < 1.29 is 13.2 Å². The summed E-state index contributed by atoms with van der Waals surface area (Å²) < 4.78 is 30.3. The lowest BCUT2D eigenvalue weighted by Crippen LogP contribution is -2.39. The van der Waals surface area contributed by atoms with E-state index in [1.807, 2.05) is 24.3 Å². The molecule has 0 radical (unpaired) electrons. The fourth-order valence-electron chi connectivity index (χ4n) is 4.81. The van der Waals surface area contributed by atoms with Gasteiger partial charge in [0.2, 0.25) is 10.0 Å². The van der Waals surface area contributed by atoms with E-state index >= 15 is 0 Å². The molecule has 1 atom stereocenters. The van der Waals surface area contributed by atoms with Gasteiger partial charge in [-0.15, -0.1) is 0 Å². The number of hydrogen-bond donors (Lipinski definition) is 0. The van der Waals surface area contributed by atoms with Crippen molar-refractivity contribution in [1.82, 2.24) is 8.87 Å². The van der Waals surface area contributed by atoms with Crippen LogP contribution in [-0.4, -0.2) is 42.8 Å². The van der Waals surface area contributed by atoms with Crippen LogP contribution in [0.5, 0.6) is 0 Å². The van der Waals surface area contributed by atoms with E-state index in [2.05, 4.69) is 6.92 Å². The van der Waals surface area contributed by atoms with E-state index < -0.39 is 10.0 Å². The zero-order valence-electron chi connectivity index (χ0n) is 17.6. The first-order chi connectivity index (χ1) is 13.7. The molecule has 0 aliphatic carbocycles. The van der Waals surface area contributed by atoms with Crippen LogP contribution >= 0.6 is 0 Å². The largest absolute Gasteiger partial charge is 0.342 e. The van der Waals surface area contributed by atoms with Crippen molar-refractivity contribution in [2.24, 2.45) is 13.0 Å². The van der Waals surface area contributed by atoms with Gasteiger partial charge in [0.05, 0.1) is 0 Å². The molecular weight excluding hydrogens is 386 g/mol. The van der Waals surface area contributed by atoms with E-state index in [1.165, 1.54) is 0 Å². The minimum absolute atomic E-state index is 0.133. The van der Waals surface area contributed by atoms with Crippen molar-refractivity contribution >= 4 is 21.6 Å². The zero-order valence-corrected chi connectivity index (χ0v) is 18.4. The number of benzene rings is 1. The summed E-state index contributed by atoms with van der Waals surface area (Å²) in [7, 11) is -1.85.